The molecule has 3 rings (SSSR count). The number of hydrogen-bond acceptors (Lipinski definition) is 0. The van der Waals surface area contributed by atoms with Crippen molar-refractivity contribution in [3.8, 4) is 0 Å². The Labute approximate surface area is 192 Å². The van der Waals surface area contributed by atoms with Crippen molar-refractivity contribution in [2.24, 2.45) is 5.92 Å². The Balaban J connectivity index is 1.11. The molecular formula is C30H49N. The van der Waals surface area contributed by atoms with Gasteiger partial charge in [-0.25, -0.2) is 0 Å². The number of aromatic amines is 1. The predicted octanol–water partition coefficient (Wildman–Crippen LogP) is 9.92. The van der Waals surface area contributed by atoms with Crippen LogP contribution < -0.4 is 0 Å². The van der Waals surface area contributed by atoms with Crippen molar-refractivity contribution >= 4 is 10.9 Å². The molecule has 174 valence electrons. The van der Waals surface area contributed by atoms with E-state index in [1.165, 1.54) is 145 Å². The average Bonchev–Trinajstić information content (AvgIpc) is 3.16. The van der Waals surface area contributed by atoms with Gasteiger partial charge in [0.1, 0.15) is 0 Å². The summed E-state index contributed by atoms with van der Waals surface area (Å²) in [5, 5.41) is 1.47. The number of aromatic nitrogens is 1. The molecule has 0 amide bonds. The van der Waals surface area contributed by atoms with Gasteiger partial charge in [-0.15, -0.1) is 0 Å². The highest BCUT2D eigenvalue weighted by atomic mass is 14.7. The summed E-state index contributed by atoms with van der Waals surface area (Å²) >= 11 is 0. The molecule has 1 N–H and O–H groups in total. The third kappa shape index (κ3) is 8.66. The molecule has 0 bridgehead atoms. The van der Waals surface area contributed by atoms with Gasteiger partial charge in [0.2, 0.25) is 0 Å². The maximum atomic E-state index is 3.70. The lowest BCUT2D eigenvalue weighted by atomic mass is 9.84. The fourth-order valence-corrected chi connectivity index (χ4v) is 5.68. The highest BCUT2D eigenvalue weighted by Crippen LogP contribution is 2.33. The number of benzene rings is 1. The maximum absolute atomic E-state index is 3.70. The van der Waals surface area contributed by atoms with Gasteiger partial charge < -0.3 is 4.98 Å². The third-order valence-electron chi connectivity index (χ3n) is 7.66. The lowest BCUT2D eigenvalue weighted by Gasteiger charge is -2.22. The topological polar surface area (TPSA) is 15.8 Å². The van der Waals surface area contributed by atoms with Crippen molar-refractivity contribution in [1.82, 2.24) is 4.98 Å². The van der Waals surface area contributed by atoms with Gasteiger partial charge in [-0.1, -0.05) is 134 Å². The van der Waals surface area contributed by atoms with Gasteiger partial charge in [0.25, 0.3) is 0 Å². The molecule has 31 heavy (non-hydrogen) atoms. The van der Waals surface area contributed by atoms with Gasteiger partial charge in [-0.05, 0) is 36.8 Å². The van der Waals surface area contributed by atoms with Gasteiger partial charge in [-0.3, -0.25) is 0 Å². The summed E-state index contributed by atoms with van der Waals surface area (Å²) in [6.45, 7) is 2.30. The molecule has 1 unspecified atom stereocenters. The Morgan fingerprint density at radius 1 is 0.710 bits per heavy atom. The molecule has 0 spiro atoms. The van der Waals surface area contributed by atoms with E-state index in [0.717, 1.165) is 5.92 Å². The zero-order valence-electron chi connectivity index (χ0n) is 20.5. The minimum absolute atomic E-state index is 0.909. The molecule has 0 radical (unpaired) electrons. The standard InChI is InChI=1S/C30H49N/c1-2-3-4-5-6-7-8-9-10-11-12-13-14-15-16-17-20-26-23-24-28-27-21-18-19-22-29(27)31-30(28)25-26/h18-19,21-22,26,31H,2-17,20,23-25H2,1H3. The van der Waals surface area contributed by atoms with Crippen molar-refractivity contribution in [2.45, 2.75) is 135 Å². The quantitative estimate of drug-likeness (QED) is 0.244. The van der Waals surface area contributed by atoms with E-state index in [4.69, 9.17) is 0 Å². The van der Waals surface area contributed by atoms with Crippen molar-refractivity contribution in [3.05, 3.63) is 35.5 Å². The number of fused-ring (bicyclic) bond motifs is 3. The summed E-state index contributed by atoms with van der Waals surface area (Å²) in [5.74, 6) is 0.909. The van der Waals surface area contributed by atoms with E-state index in [1.807, 2.05) is 0 Å². The van der Waals surface area contributed by atoms with Crippen molar-refractivity contribution in [2.75, 3.05) is 0 Å². The number of unbranched alkanes of at least 4 members (excludes halogenated alkanes) is 15. The zero-order chi connectivity index (χ0) is 21.6. The van der Waals surface area contributed by atoms with Gasteiger partial charge in [0, 0.05) is 16.6 Å². The van der Waals surface area contributed by atoms with Crippen LogP contribution >= 0.6 is 0 Å². The van der Waals surface area contributed by atoms with E-state index < -0.39 is 0 Å². The van der Waals surface area contributed by atoms with Crippen LogP contribution in [0, 0.1) is 5.92 Å². The van der Waals surface area contributed by atoms with Crippen molar-refractivity contribution in [1.29, 1.82) is 0 Å². The van der Waals surface area contributed by atoms with Crippen LogP contribution in [-0.2, 0) is 12.8 Å². The molecule has 2 aromatic rings. The molecule has 0 aliphatic heterocycles. The fraction of sp³-hybridized carbons (Fsp3) is 0.733. The third-order valence-corrected chi connectivity index (χ3v) is 7.66. The summed E-state index contributed by atoms with van der Waals surface area (Å²) in [7, 11) is 0. The fourth-order valence-electron chi connectivity index (χ4n) is 5.68. The second-order valence-electron chi connectivity index (χ2n) is 10.3. The van der Waals surface area contributed by atoms with Crippen molar-refractivity contribution in [3.63, 3.8) is 0 Å². The largest absolute Gasteiger partial charge is 0.358 e. The van der Waals surface area contributed by atoms with Gasteiger partial charge >= 0.3 is 0 Å². The van der Waals surface area contributed by atoms with Crippen LogP contribution in [0.1, 0.15) is 134 Å². The molecule has 1 heteroatoms. The summed E-state index contributed by atoms with van der Waals surface area (Å²) in [4.78, 5) is 3.70. The lowest BCUT2D eigenvalue weighted by Crippen LogP contribution is -2.13. The first kappa shape index (κ1) is 24.4. The number of H-pyrrole nitrogens is 1. The van der Waals surface area contributed by atoms with Crippen LogP contribution in [-0.4, -0.2) is 4.98 Å². The van der Waals surface area contributed by atoms with Crippen molar-refractivity contribution < 1.29 is 0 Å². The molecule has 1 aliphatic carbocycles. The zero-order valence-corrected chi connectivity index (χ0v) is 20.5. The second kappa shape index (κ2) is 14.8. The summed E-state index contributed by atoms with van der Waals surface area (Å²) in [6.07, 6.45) is 28.8. The molecule has 1 atom stereocenters. The van der Waals surface area contributed by atoms with Crippen LogP contribution in [0.2, 0.25) is 0 Å². The summed E-state index contributed by atoms with van der Waals surface area (Å²) < 4.78 is 0. The Kier molecular flexibility index (Phi) is 11.6. The molecule has 1 aromatic heterocycles. The number of hydrogen-bond donors (Lipinski definition) is 1. The monoisotopic (exact) mass is 423 g/mol. The molecule has 1 nitrogen and oxygen atoms in total. The molecule has 1 aliphatic rings. The number of rotatable bonds is 17. The molecule has 0 saturated heterocycles. The lowest BCUT2D eigenvalue weighted by molar-refractivity contribution is 0.401. The Bertz CT molecular complexity index is 712. The van der Waals surface area contributed by atoms with Crippen LogP contribution in [0.4, 0.5) is 0 Å². The van der Waals surface area contributed by atoms with E-state index >= 15 is 0 Å². The average molecular weight is 424 g/mol. The molecular weight excluding hydrogens is 374 g/mol. The predicted molar refractivity (Wildman–Crippen MR) is 138 cm³/mol. The number of para-hydroxylation sites is 1. The van der Waals surface area contributed by atoms with Crippen LogP contribution in [0.5, 0.6) is 0 Å². The van der Waals surface area contributed by atoms with Crippen LogP contribution in [0.3, 0.4) is 0 Å². The Hall–Kier alpha value is -1.24. The van der Waals surface area contributed by atoms with E-state index in [0.29, 0.717) is 0 Å². The smallest absolute Gasteiger partial charge is 0.0458 e. The first-order valence-corrected chi connectivity index (χ1v) is 14.0. The normalized spacial score (nSPS) is 16.1. The van der Waals surface area contributed by atoms with Crippen LogP contribution in [0.25, 0.3) is 10.9 Å². The first-order valence-electron chi connectivity index (χ1n) is 14.0. The SMILES string of the molecule is CCCCCCCCCCCCCCCCCCC1CCc2c([nH]c3ccccc23)C1. The molecule has 1 heterocycles. The molecule has 1 aromatic carbocycles. The number of aryl methyl sites for hydroxylation is 1. The highest BCUT2D eigenvalue weighted by Gasteiger charge is 2.21. The van der Waals surface area contributed by atoms with Gasteiger partial charge in [0.15, 0.2) is 0 Å². The van der Waals surface area contributed by atoms with E-state index in [1.54, 1.807) is 5.56 Å². The van der Waals surface area contributed by atoms with Crippen LogP contribution in [0.15, 0.2) is 24.3 Å². The maximum Gasteiger partial charge on any atom is 0.0458 e. The molecule has 0 saturated carbocycles. The number of nitrogens with one attached hydrogen (secondary N) is 1. The van der Waals surface area contributed by atoms with E-state index in [-0.39, 0.29) is 0 Å². The van der Waals surface area contributed by atoms with E-state index in [9.17, 15) is 0 Å². The summed E-state index contributed by atoms with van der Waals surface area (Å²) in [5.41, 5.74) is 4.49. The minimum atomic E-state index is 0.909. The van der Waals surface area contributed by atoms with Gasteiger partial charge in [-0.2, -0.15) is 0 Å². The minimum Gasteiger partial charge on any atom is -0.358 e. The van der Waals surface area contributed by atoms with Gasteiger partial charge in [0.05, 0.1) is 0 Å². The summed E-state index contributed by atoms with van der Waals surface area (Å²) in [6, 6.07) is 8.86. The Morgan fingerprint density at radius 2 is 1.26 bits per heavy atom. The Morgan fingerprint density at radius 3 is 1.87 bits per heavy atom. The second-order valence-corrected chi connectivity index (χ2v) is 10.3. The van der Waals surface area contributed by atoms with E-state index in [2.05, 4.69) is 36.2 Å². The molecule has 0 fully saturated rings. The first-order chi connectivity index (χ1) is 15.4. The highest BCUT2D eigenvalue weighted by molar-refractivity contribution is 5.84.